The van der Waals surface area contributed by atoms with Crippen LogP contribution in [0.15, 0.2) is 36.8 Å². The molecule has 1 N–H and O–H groups in total. The second-order valence-electron chi connectivity index (χ2n) is 5.45. The van der Waals surface area contributed by atoms with E-state index in [0.29, 0.717) is 11.3 Å². The van der Waals surface area contributed by atoms with Gasteiger partial charge < -0.3 is 10.2 Å². The number of anilines is 1. The van der Waals surface area contributed by atoms with E-state index < -0.39 is 0 Å². The topological polar surface area (TPSA) is 58.9 Å². The number of hydrogen-bond donors (Lipinski definition) is 1. The third-order valence-corrected chi connectivity index (χ3v) is 4.03. The summed E-state index contributed by atoms with van der Waals surface area (Å²) in [7, 11) is 0. The highest BCUT2D eigenvalue weighted by Gasteiger charge is 2.11. The first kappa shape index (κ1) is 16.3. The molecule has 6 nitrogen and oxygen atoms in total. The lowest BCUT2D eigenvalue weighted by atomic mass is 10.3. The zero-order valence-electron chi connectivity index (χ0n) is 13.9. The summed E-state index contributed by atoms with van der Waals surface area (Å²) in [5.41, 5.74) is 1.29. The van der Waals surface area contributed by atoms with Gasteiger partial charge >= 0.3 is 0 Å². The predicted octanol–water partition coefficient (Wildman–Crippen LogP) is 2.71. The molecule has 126 valence electrons. The van der Waals surface area contributed by atoms with Crippen LogP contribution in [0.5, 0.6) is 0 Å². The largest absolute Gasteiger partial charge is 0.368 e. The molecule has 0 saturated carbocycles. The number of likely N-dealkylation sites (N-methyl/N-ethyl adjacent to an activating group) is 1. The minimum absolute atomic E-state index is 0.303. The van der Waals surface area contributed by atoms with Crippen molar-refractivity contribution < 1.29 is 4.39 Å². The van der Waals surface area contributed by atoms with Crippen molar-refractivity contribution in [3.05, 3.63) is 42.6 Å². The highest BCUT2D eigenvalue weighted by Crippen LogP contribution is 2.21. The first-order valence-electron chi connectivity index (χ1n) is 8.13. The highest BCUT2D eigenvalue weighted by molar-refractivity contribution is 5.87. The fourth-order valence-corrected chi connectivity index (χ4v) is 2.65. The number of benzene rings is 1. The number of fused-ring (bicyclic) bond motifs is 1. The van der Waals surface area contributed by atoms with E-state index in [-0.39, 0.29) is 5.82 Å². The number of nitrogens with zero attached hydrogens (tertiary/aromatic N) is 5. The average molecular weight is 328 g/mol. The lowest BCUT2D eigenvalue weighted by Gasteiger charge is -2.18. The van der Waals surface area contributed by atoms with Gasteiger partial charge in [-0.05, 0) is 31.3 Å². The Labute approximate surface area is 140 Å². The number of aromatic nitrogens is 4. The molecule has 2 heterocycles. The van der Waals surface area contributed by atoms with E-state index in [1.165, 1.54) is 18.5 Å². The minimum atomic E-state index is -0.303. The maximum absolute atomic E-state index is 13.5. The molecule has 0 spiro atoms. The van der Waals surface area contributed by atoms with Crippen molar-refractivity contribution in [1.29, 1.82) is 0 Å². The van der Waals surface area contributed by atoms with Gasteiger partial charge in [0.1, 0.15) is 18.0 Å². The standard InChI is InChI=1S/C17H21FN6/c1-3-23(4-2)9-8-19-16-15-11-22-24(17(15)21-12-20-16)14-7-5-6-13(18)10-14/h5-7,10-12H,3-4,8-9H2,1-2H3,(H,19,20,21). The summed E-state index contributed by atoms with van der Waals surface area (Å²) >= 11 is 0. The zero-order valence-corrected chi connectivity index (χ0v) is 13.9. The van der Waals surface area contributed by atoms with Crippen LogP contribution in [0, 0.1) is 5.82 Å². The second-order valence-corrected chi connectivity index (χ2v) is 5.45. The van der Waals surface area contributed by atoms with Gasteiger partial charge in [-0.2, -0.15) is 5.10 Å². The average Bonchev–Trinajstić information content (AvgIpc) is 3.03. The summed E-state index contributed by atoms with van der Waals surface area (Å²) in [6, 6.07) is 6.29. The molecule has 1 aromatic carbocycles. The number of hydrogen-bond acceptors (Lipinski definition) is 5. The Morgan fingerprint density at radius 1 is 1.21 bits per heavy atom. The molecule has 24 heavy (non-hydrogen) atoms. The molecular weight excluding hydrogens is 307 g/mol. The van der Waals surface area contributed by atoms with Gasteiger partial charge in [-0.1, -0.05) is 19.9 Å². The van der Waals surface area contributed by atoms with Gasteiger partial charge in [0, 0.05) is 13.1 Å². The molecule has 3 rings (SSSR count). The SMILES string of the molecule is CCN(CC)CCNc1ncnc2c1cnn2-c1cccc(F)c1. The smallest absolute Gasteiger partial charge is 0.168 e. The molecule has 7 heteroatoms. The van der Waals surface area contributed by atoms with Gasteiger partial charge in [-0.3, -0.25) is 0 Å². The molecule has 0 fully saturated rings. The van der Waals surface area contributed by atoms with Gasteiger partial charge in [0.25, 0.3) is 0 Å². The maximum atomic E-state index is 13.5. The Hall–Kier alpha value is -2.54. The highest BCUT2D eigenvalue weighted by atomic mass is 19.1. The molecule has 2 aromatic heterocycles. The summed E-state index contributed by atoms with van der Waals surface area (Å²) < 4.78 is 15.1. The van der Waals surface area contributed by atoms with Gasteiger partial charge in [-0.15, -0.1) is 0 Å². The van der Waals surface area contributed by atoms with Crippen molar-refractivity contribution in [2.24, 2.45) is 0 Å². The second kappa shape index (κ2) is 7.35. The van der Waals surface area contributed by atoms with Gasteiger partial charge in [0.05, 0.1) is 17.3 Å². The molecule has 0 bridgehead atoms. The van der Waals surface area contributed by atoms with E-state index in [4.69, 9.17) is 0 Å². The van der Waals surface area contributed by atoms with Crippen LogP contribution in [0.4, 0.5) is 10.2 Å². The van der Waals surface area contributed by atoms with Crippen molar-refractivity contribution >= 4 is 16.9 Å². The van der Waals surface area contributed by atoms with Gasteiger partial charge in [0.15, 0.2) is 5.65 Å². The third kappa shape index (κ3) is 3.35. The third-order valence-electron chi connectivity index (χ3n) is 4.03. The molecule has 0 radical (unpaired) electrons. The molecule has 0 aliphatic rings. The van der Waals surface area contributed by atoms with Crippen molar-refractivity contribution in [3.8, 4) is 5.69 Å². The van der Waals surface area contributed by atoms with Crippen LogP contribution in [0.3, 0.4) is 0 Å². The molecule has 0 amide bonds. The summed E-state index contributed by atoms with van der Waals surface area (Å²) in [5, 5.41) is 8.50. The molecule has 0 aliphatic carbocycles. The van der Waals surface area contributed by atoms with Crippen molar-refractivity contribution in [3.63, 3.8) is 0 Å². The fraction of sp³-hybridized carbons (Fsp3) is 0.353. The molecule has 0 saturated heterocycles. The maximum Gasteiger partial charge on any atom is 0.168 e. The monoisotopic (exact) mass is 328 g/mol. The summed E-state index contributed by atoms with van der Waals surface area (Å²) in [4.78, 5) is 10.9. The van der Waals surface area contributed by atoms with Crippen molar-refractivity contribution in [2.75, 3.05) is 31.5 Å². The Morgan fingerprint density at radius 3 is 2.79 bits per heavy atom. The normalized spacial score (nSPS) is 11.3. The van der Waals surface area contributed by atoms with E-state index >= 15 is 0 Å². The van der Waals surface area contributed by atoms with Gasteiger partial charge in [0.2, 0.25) is 0 Å². The first-order chi connectivity index (χ1) is 11.7. The van der Waals surface area contributed by atoms with E-state index in [9.17, 15) is 4.39 Å². The number of halogens is 1. The zero-order chi connectivity index (χ0) is 16.9. The molecule has 0 unspecified atom stereocenters. The Balaban J connectivity index is 1.84. The van der Waals surface area contributed by atoms with E-state index in [1.807, 2.05) is 0 Å². The summed E-state index contributed by atoms with van der Waals surface area (Å²) in [5.74, 6) is 0.442. The van der Waals surface area contributed by atoms with Crippen LogP contribution in [-0.4, -0.2) is 50.8 Å². The van der Waals surface area contributed by atoms with Crippen molar-refractivity contribution in [1.82, 2.24) is 24.6 Å². The summed E-state index contributed by atoms with van der Waals surface area (Å²) in [6.45, 7) is 8.07. The molecular formula is C17H21FN6. The van der Waals surface area contributed by atoms with E-state index in [1.54, 1.807) is 23.0 Å². The van der Waals surface area contributed by atoms with Crippen LogP contribution >= 0.6 is 0 Å². The van der Waals surface area contributed by atoms with E-state index in [0.717, 1.165) is 37.4 Å². The van der Waals surface area contributed by atoms with Crippen molar-refractivity contribution in [2.45, 2.75) is 13.8 Å². The van der Waals surface area contributed by atoms with Crippen LogP contribution in [0.1, 0.15) is 13.8 Å². The molecule has 0 aliphatic heterocycles. The van der Waals surface area contributed by atoms with E-state index in [2.05, 4.69) is 39.1 Å². The van der Waals surface area contributed by atoms with Crippen LogP contribution in [0.2, 0.25) is 0 Å². The van der Waals surface area contributed by atoms with Gasteiger partial charge in [-0.25, -0.2) is 19.0 Å². The first-order valence-corrected chi connectivity index (χ1v) is 8.13. The Kier molecular flexibility index (Phi) is 5.00. The molecule has 3 aromatic rings. The quantitative estimate of drug-likeness (QED) is 0.723. The fourth-order valence-electron chi connectivity index (χ4n) is 2.65. The van der Waals surface area contributed by atoms with Crippen LogP contribution < -0.4 is 5.32 Å². The lowest BCUT2D eigenvalue weighted by molar-refractivity contribution is 0.316. The Morgan fingerprint density at radius 2 is 2.04 bits per heavy atom. The van der Waals surface area contributed by atoms with Crippen LogP contribution in [-0.2, 0) is 0 Å². The van der Waals surface area contributed by atoms with Crippen LogP contribution in [0.25, 0.3) is 16.7 Å². The minimum Gasteiger partial charge on any atom is -0.368 e. The number of nitrogens with one attached hydrogen (secondary N) is 1. The lowest BCUT2D eigenvalue weighted by Crippen LogP contribution is -2.28. The summed E-state index contributed by atoms with van der Waals surface area (Å²) in [6.07, 6.45) is 3.21. The predicted molar refractivity (Wildman–Crippen MR) is 92.9 cm³/mol. The Bertz CT molecular complexity index is 812. The molecule has 0 atom stereocenters. The number of rotatable bonds is 7.